The number of nitrogens with one attached hydrogen (secondary N) is 1. The van der Waals surface area contributed by atoms with Crippen LogP contribution in [0.15, 0.2) is 10.4 Å². The van der Waals surface area contributed by atoms with Crippen LogP contribution in [-0.4, -0.2) is 25.5 Å². The van der Waals surface area contributed by atoms with E-state index >= 15 is 0 Å². The molecule has 5 nitrogen and oxygen atoms in total. The van der Waals surface area contributed by atoms with Crippen LogP contribution in [0.4, 0.5) is 0 Å². The number of nitrogens with two attached hydrogens (primary N) is 1. The predicted molar refractivity (Wildman–Crippen MR) is 76.7 cm³/mol. The summed E-state index contributed by atoms with van der Waals surface area (Å²) in [7, 11) is -3.46. The fraction of sp³-hybridized carbons (Fsp3) is 0.750. The summed E-state index contributed by atoms with van der Waals surface area (Å²) in [6, 6.07) is 0. The number of hydrogen-bond acceptors (Lipinski definition) is 5. The zero-order valence-corrected chi connectivity index (χ0v) is 12.8. The number of aryl methyl sites for hydroxylation is 1. The van der Waals surface area contributed by atoms with Gasteiger partial charge in [0, 0.05) is 12.1 Å². The summed E-state index contributed by atoms with van der Waals surface area (Å²) in [5.74, 6) is 0. The second-order valence-corrected chi connectivity index (χ2v) is 8.53. The molecule has 19 heavy (non-hydrogen) atoms. The summed E-state index contributed by atoms with van der Waals surface area (Å²) in [5.41, 5.74) is 5.91. The first-order valence-corrected chi connectivity index (χ1v) is 8.92. The van der Waals surface area contributed by atoms with E-state index in [1.165, 1.54) is 30.4 Å². The summed E-state index contributed by atoms with van der Waals surface area (Å²) < 4.78 is 27.2. The van der Waals surface area contributed by atoms with Gasteiger partial charge in [0.2, 0.25) is 0 Å². The van der Waals surface area contributed by atoms with Crippen molar-refractivity contribution in [3.63, 3.8) is 0 Å². The van der Waals surface area contributed by atoms with Crippen LogP contribution in [0.25, 0.3) is 0 Å². The zero-order valence-electron chi connectivity index (χ0n) is 11.2. The minimum atomic E-state index is -3.46. The maximum Gasteiger partial charge on any atom is 0.251 e. The third kappa shape index (κ3) is 3.98. The Balaban J connectivity index is 2.01. The van der Waals surface area contributed by atoms with Gasteiger partial charge in [-0.15, -0.1) is 11.3 Å². The normalized spacial score (nSPS) is 20.1. The molecule has 7 heteroatoms. The summed E-state index contributed by atoms with van der Waals surface area (Å²) in [6.07, 6.45) is 7.72. The first kappa shape index (κ1) is 14.9. The van der Waals surface area contributed by atoms with E-state index in [0.717, 1.165) is 30.7 Å². The summed E-state index contributed by atoms with van der Waals surface area (Å²) in [4.78, 5) is 3.98. The lowest BCUT2D eigenvalue weighted by Gasteiger charge is -2.27. The molecule has 1 heterocycles. The monoisotopic (exact) mass is 303 g/mol. The number of sulfonamides is 1. The fourth-order valence-corrected chi connectivity index (χ4v) is 4.68. The van der Waals surface area contributed by atoms with E-state index in [2.05, 4.69) is 9.71 Å². The highest BCUT2D eigenvalue weighted by Gasteiger charge is 2.28. The van der Waals surface area contributed by atoms with Gasteiger partial charge in [-0.2, -0.15) is 0 Å². The Kier molecular flexibility index (Phi) is 4.60. The van der Waals surface area contributed by atoms with Crippen molar-refractivity contribution in [3.05, 3.63) is 11.2 Å². The topological polar surface area (TPSA) is 85.1 Å². The average molecular weight is 303 g/mol. The van der Waals surface area contributed by atoms with Crippen molar-refractivity contribution in [1.29, 1.82) is 0 Å². The van der Waals surface area contributed by atoms with Crippen LogP contribution in [0.2, 0.25) is 0 Å². The minimum Gasteiger partial charge on any atom is -0.324 e. The molecule has 1 aliphatic carbocycles. The number of aromatic nitrogens is 1. The van der Waals surface area contributed by atoms with Gasteiger partial charge in [-0.1, -0.05) is 25.7 Å². The molecule has 0 unspecified atom stereocenters. The van der Waals surface area contributed by atoms with Crippen molar-refractivity contribution < 1.29 is 8.42 Å². The number of nitrogens with zero attached hydrogens (tertiary/aromatic N) is 1. The molecule has 1 aromatic heterocycles. The molecule has 2 rings (SSSR count). The Labute approximate surface area is 118 Å². The molecule has 1 aromatic rings. The standard InChI is InChI=1S/C12H21N3O2S2/c1-10-14-8-11(18-10)19(16,17)15-9-12(13)6-4-2-3-5-7-12/h8,15H,2-7,9,13H2,1H3. The molecular weight excluding hydrogens is 282 g/mol. The van der Waals surface area contributed by atoms with Gasteiger partial charge in [0.1, 0.15) is 0 Å². The smallest absolute Gasteiger partial charge is 0.251 e. The van der Waals surface area contributed by atoms with Gasteiger partial charge in [-0.05, 0) is 19.8 Å². The highest BCUT2D eigenvalue weighted by Crippen LogP contribution is 2.25. The molecule has 1 saturated carbocycles. The van der Waals surface area contributed by atoms with Gasteiger partial charge in [0.05, 0.1) is 11.2 Å². The first-order chi connectivity index (χ1) is 8.91. The number of rotatable bonds is 4. The molecule has 0 atom stereocenters. The van der Waals surface area contributed by atoms with Crippen LogP contribution >= 0.6 is 11.3 Å². The molecule has 1 aliphatic rings. The Morgan fingerprint density at radius 2 is 2.00 bits per heavy atom. The molecule has 3 N–H and O–H groups in total. The van der Waals surface area contributed by atoms with Crippen LogP contribution < -0.4 is 10.5 Å². The lowest BCUT2D eigenvalue weighted by molar-refractivity contribution is 0.369. The molecule has 0 saturated heterocycles. The summed E-state index contributed by atoms with van der Waals surface area (Å²) >= 11 is 1.18. The van der Waals surface area contributed by atoms with Gasteiger partial charge in [-0.3, -0.25) is 0 Å². The van der Waals surface area contributed by atoms with Crippen LogP contribution in [0.1, 0.15) is 43.5 Å². The number of hydrogen-bond donors (Lipinski definition) is 2. The van der Waals surface area contributed by atoms with Crippen molar-refractivity contribution in [1.82, 2.24) is 9.71 Å². The lowest BCUT2D eigenvalue weighted by Crippen LogP contribution is -2.49. The largest absolute Gasteiger partial charge is 0.324 e. The van der Waals surface area contributed by atoms with Crippen molar-refractivity contribution in [2.24, 2.45) is 5.73 Å². The van der Waals surface area contributed by atoms with Crippen LogP contribution in [-0.2, 0) is 10.0 Å². The molecule has 0 aromatic carbocycles. The Hall–Kier alpha value is -0.500. The highest BCUT2D eigenvalue weighted by atomic mass is 32.2. The highest BCUT2D eigenvalue weighted by molar-refractivity contribution is 7.91. The summed E-state index contributed by atoms with van der Waals surface area (Å²) in [6.45, 7) is 2.10. The van der Waals surface area contributed by atoms with E-state index in [-0.39, 0.29) is 4.21 Å². The second kappa shape index (κ2) is 5.87. The maximum atomic E-state index is 12.1. The fourth-order valence-electron chi connectivity index (χ4n) is 2.39. The predicted octanol–water partition coefficient (Wildman–Crippen LogP) is 1.78. The van der Waals surface area contributed by atoms with E-state index in [0.29, 0.717) is 6.54 Å². The molecule has 0 amide bonds. The van der Waals surface area contributed by atoms with E-state index in [1.807, 2.05) is 0 Å². The van der Waals surface area contributed by atoms with Crippen LogP contribution in [0, 0.1) is 6.92 Å². The van der Waals surface area contributed by atoms with Crippen LogP contribution in [0.5, 0.6) is 0 Å². The molecular formula is C12H21N3O2S2. The van der Waals surface area contributed by atoms with Crippen LogP contribution in [0.3, 0.4) is 0 Å². The molecule has 108 valence electrons. The average Bonchev–Trinajstić information content (AvgIpc) is 2.68. The Morgan fingerprint density at radius 1 is 1.37 bits per heavy atom. The van der Waals surface area contributed by atoms with Gasteiger partial charge >= 0.3 is 0 Å². The van der Waals surface area contributed by atoms with E-state index in [9.17, 15) is 8.42 Å². The van der Waals surface area contributed by atoms with Gasteiger partial charge < -0.3 is 5.73 Å². The van der Waals surface area contributed by atoms with E-state index in [4.69, 9.17) is 5.73 Å². The minimum absolute atomic E-state index is 0.266. The third-order valence-electron chi connectivity index (χ3n) is 3.58. The summed E-state index contributed by atoms with van der Waals surface area (Å²) in [5, 5.41) is 0.748. The SMILES string of the molecule is Cc1ncc(S(=O)(=O)NCC2(N)CCCCCC2)s1. The lowest BCUT2D eigenvalue weighted by atomic mass is 9.92. The Bertz CT molecular complexity index is 517. The number of thiazole rings is 1. The van der Waals surface area contributed by atoms with Crippen molar-refractivity contribution in [3.8, 4) is 0 Å². The van der Waals surface area contributed by atoms with E-state index < -0.39 is 15.6 Å². The quantitative estimate of drug-likeness (QED) is 0.830. The molecule has 1 fully saturated rings. The van der Waals surface area contributed by atoms with Crippen molar-refractivity contribution in [2.75, 3.05) is 6.54 Å². The van der Waals surface area contributed by atoms with Crippen molar-refractivity contribution in [2.45, 2.75) is 55.2 Å². The second-order valence-electron chi connectivity index (χ2n) is 5.30. The zero-order chi connectivity index (χ0) is 13.9. The molecule has 0 aliphatic heterocycles. The molecule has 0 bridgehead atoms. The third-order valence-corrected chi connectivity index (χ3v) is 6.35. The molecule has 0 spiro atoms. The van der Waals surface area contributed by atoms with Gasteiger partial charge in [0.15, 0.2) is 4.21 Å². The Morgan fingerprint density at radius 3 is 2.53 bits per heavy atom. The first-order valence-electron chi connectivity index (χ1n) is 6.62. The van der Waals surface area contributed by atoms with E-state index in [1.54, 1.807) is 6.92 Å². The van der Waals surface area contributed by atoms with Crippen molar-refractivity contribution >= 4 is 21.4 Å². The maximum absolute atomic E-state index is 12.1. The molecule has 0 radical (unpaired) electrons. The van der Waals surface area contributed by atoms with Gasteiger partial charge in [-0.25, -0.2) is 18.1 Å². The van der Waals surface area contributed by atoms with Gasteiger partial charge in [0.25, 0.3) is 10.0 Å².